The number of hydrogen-bond acceptors (Lipinski definition) is 5. The first-order chi connectivity index (χ1) is 15.0. The van der Waals surface area contributed by atoms with E-state index >= 15 is 0 Å². The molecule has 4 rings (SSSR count). The molecular formula is C23H25N4O2S2+. The van der Waals surface area contributed by atoms with Crippen LogP contribution in [0.4, 0.5) is 5.69 Å². The Kier molecular flexibility index (Phi) is 6.48. The van der Waals surface area contributed by atoms with E-state index in [1.165, 1.54) is 11.8 Å². The third-order valence-corrected chi connectivity index (χ3v) is 6.94. The predicted octanol–water partition coefficient (Wildman–Crippen LogP) is 4.25. The number of carbonyl (C=O) groups excluding carboxylic acids is 1. The molecule has 2 heterocycles. The summed E-state index contributed by atoms with van der Waals surface area (Å²) in [5.41, 5.74) is 2.58. The van der Waals surface area contributed by atoms with Gasteiger partial charge in [-0.1, -0.05) is 37.2 Å². The first kappa shape index (κ1) is 21.6. The van der Waals surface area contributed by atoms with E-state index in [4.69, 9.17) is 5.10 Å². The maximum atomic E-state index is 13.2. The van der Waals surface area contributed by atoms with E-state index in [-0.39, 0.29) is 11.5 Å². The molecule has 1 aliphatic rings. The van der Waals surface area contributed by atoms with Crippen molar-refractivity contribution in [2.75, 3.05) is 16.9 Å². The van der Waals surface area contributed by atoms with Gasteiger partial charge in [0.25, 0.3) is 6.17 Å². The number of hydrogen-bond donors (Lipinski definition) is 1. The molecule has 0 spiro atoms. The molecule has 0 fully saturated rings. The summed E-state index contributed by atoms with van der Waals surface area (Å²) in [6.45, 7) is 3.68. The van der Waals surface area contributed by atoms with Crippen molar-refractivity contribution in [2.45, 2.75) is 42.9 Å². The van der Waals surface area contributed by atoms with Crippen LogP contribution in [-0.2, 0) is 4.79 Å². The number of H-pyrrole nitrogens is 1. The summed E-state index contributed by atoms with van der Waals surface area (Å²) in [5.74, 6) is 0.769. The Labute approximate surface area is 190 Å². The maximum absolute atomic E-state index is 13.2. The quantitative estimate of drug-likeness (QED) is 0.343. The molecule has 8 heteroatoms. The molecular weight excluding hydrogens is 428 g/mol. The monoisotopic (exact) mass is 453 g/mol. The third-order valence-electron chi connectivity index (χ3n) is 5.25. The minimum absolute atomic E-state index is 0.105. The SMILES string of the molecule is CCCCSc1n[n+]2c(c(=O)[nH]1)-c1ccccc1N(C(C)=O)[C@H]2c1ccc(SC)cc1. The van der Waals surface area contributed by atoms with Crippen LogP contribution in [0.25, 0.3) is 11.3 Å². The topological polar surface area (TPSA) is 69.9 Å². The predicted molar refractivity (Wildman–Crippen MR) is 126 cm³/mol. The van der Waals surface area contributed by atoms with E-state index in [0.29, 0.717) is 22.1 Å². The average Bonchev–Trinajstić information content (AvgIpc) is 2.78. The number of rotatable bonds is 6. The molecule has 1 N–H and O–H groups in total. The molecule has 0 aliphatic carbocycles. The van der Waals surface area contributed by atoms with Crippen LogP contribution in [0.15, 0.2) is 63.4 Å². The van der Waals surface area contributed by atoms with E-state index < -0.39 is 6.17 Å². The fraction of sp³-hybridized carbons (Fsp3) is 0.304. The van der Waals surface area contributed by atoms with Gasteiger partial charge < -0.3 is 0 Å². The zero-order valence-electron chi connectivity index (χ0n) is 17.8. The van der Waals surface area contributed by atoms with Gasteiger partial charge >= 0.3 is 11.3 Å². The summed E-state index contributed by atoms with van der Waals surface area (Å²) in [5, 5.41) is 5.37. The normalized spacial score (nSPS) is 14.8. The summed E-state index contributed by atoms with van der Waals surface area (Å²) in [6.07, 6.45) is 3.60. The first-order valence-corrected chi connectivity index (χ1v) is 12.5. The van der Waals surface area contributed by atoms with Crippen molar-refractivity contribution in [1.82, 2.24) is 10.1 Å². The fourth-order valence-electron chi connectivity index (χ4n) is 3.77. The van der Waals surface area contributed by atoms with Crippen LogP contribution in [0, 0.1) is 0 Å². The molecule has 1 aliphatic heterocycles. The van der Waals surface area contributed by atoms with Crippen LogP contribution >= 0.6 is 23.5 Å². The van der Waals surface area contributed by atoms with Crippen LogP contribution in [-0.4, -0.2) is 28.0 Å². The molecule has 0 saturated heterocycles. The summed E-state index contributed by atoms with van der Waals surface area (Å²) < 4.78 is 1.71. The third kappa shape index (κ3) is 4.14. The van der Waals surface area contributed by atoms with Crippen molar-refractivity contribution in [3.05, 3.63) is 64.4 Å². The van der Waals surface area contributed by atoms with E-state index in [1.807, 2.05) is 54.8 Å². The van der Waals surface area contributed by atoms with Crippen LogP contribution in [0.1, 0.15) is 38.4 Å². The van der Waals surface area contributed by atoms with Gasteiger partial charge in [-0.3, -0.25) is 14.6 Å². The minimum Gasteiger partial charge on any atom is -0.291 e. The maximum Gasteiger partial charge on any atom is 0.325 e. The Balaban J connectivity index is 1.94. The first-order valence-electron chi connectivity index (χ1n) is 10.3. The number of para-hydroxylation sites is 1. The highest BCUT2D eigenvalue weighted by Gasteiger charge is 2.44. The van der Waals surface area contributed by atoms with Crippen molar-refractivity contribution >= 4 is 35.1 Å². The van der Waals surface area contributed by atoms with Crippen molar-refractivity contribution in [2.24, 2.45) is 0 Å². The lowest BCUT2D eigenvalue weighted by Gasteiger charge is -2.31. The second kappa shape index (κ2) is 9.28. The highest BCUT2D eigenvalue weighted by Crippen LogP contribution is 2.37. The second-order valence-electron chi connectivity index (χ2n) is 7.31. The Morgan fingerprint density at radius 3 is 2.61 bits per heavy atom. The number of thioether (sulfide) groups is 2. The Bertz CT molecular complexity index is 1160. The summed E-state index contributed by atoms with van der Waals surface area (Å²) >= 11 is 3.19. The zero-order valence-corrected chi connectivity index (χ0v) is 19.4. The average molecular weight is 454 g/mol. The lowest BCUT2D eigenvalue weighted by molar-refractivity contribution is -0.763. The number of anilines is 1. The standard InChI is InChI=1S/C23H24N4O2S2/c1-4-5-14-31-23-24-21(29)20-18-8-6-7-9-19(18)26(15(2)28)22(27(20)25-23)16-10-12-17(30-3)13-11-16/h6-13,22H,4-5,14H2,1-3H3/p+1/t22-/m1/s1. The number of unbranched alkanes of at least 4 members (excludes halogenated alkanes) is 1. The van der Waals surface area contributed by atoms with Gasteiger partial charge in [0.2, 0.25) is 11.1 Å². The molecule has 3 aromatic rings. The number of carbonyl (C=O) groups is 1. The second-order valence-corrected chi connectivity index (χ2v) is 9.27. The zero-order chi connectivity index (χ0) is 22.0. The van der Waals surface area contributed by atoms with E-state index in [0.717, 1.165) is 29.1 Å². The Morgan fingerprint density at radius 2 is 1.94 bits per heavy atom. The number of nitrogens with zero attached hydrogens (tertiary/aromatic N) is 3. The van der Waals surface area contributed by atoms with E-state index in [1.54, 1.807) is 28.3 Å². The molecule has 0 saturated carbocycles. The highest BCUT2D eigenvalue weighted by atomic mass is 32.2. The van der Waals surface area contributed by atoms with Gasteiger partial charge in [-0.2, -0.15) is 0 Å². The fourth-order valence-corrected chi connectivity index (χ4v) is 5.11. The van der Waals surface area contributed by atoms with Gasteiger partial charge in [0.05, 0.1) is 11.3 Å². The van der Waals surface area contributed by atoms with Crippen LogP contribution in [0.3, 0.4) is 0 Å². The largest absolute Gasteiger partial charge is 0.325 e. The number of aromatic nitrogens is 3. The van der Waals surface area contributed by atoms with E-state index in [9.17, 15) is 9.59 Å². The molecule has 1 atom stereocenters. The summed E-state index contributed by atoms with van der Waals surface area (Å²) in [6, 6.07) is 15.6. The Morgan fingerprint density at radius 1 is 1.19 bits per heavy atom. The van der Waals surface area contributed by atoms with Crippen molar-refractivity contribution in [3.63, 3.8) is 0 Å². The van der Waals surface area contributed by atoms with Crippen molar-refractivity contribution in [1.29, 1.82) is 0 Å². The molecule has 0 bridgehead atoms. The molecule has 2 aromatic carbocycles. The minimum atomic E-state index is -0.536. The molecule has 1 aromatic heterocycles. The van der Waals surface area contributed by atoms with Gasteiger partial charge in [0.15, 0.2) is 0 Å². The number of amides is 1. The molecule has 1 amide bonds. The van der Waals surface area contributed by atoms with Gasteiger partial charge in [0.1, 0.15) is 0 Å². The highest BCUT2D eigenvalue weighted by molar-refractivity contribution is 7.99. The van der Waals surface area contributed by atoms with E-state index in [2.05, 4.69) is 11.9 Å². The van der Waals surface area contributed by atoms with Gasteiger partial charge in [0, 0.05) is 28.2 Å². The molecule has 160 valence electrons. The summed E-state index contributed by atoms with van der Waals surface area (Å²) in [7, 11) is 0. The van der Waals surface area contributed by atoms with Crippen molar-refractivity contribution < 1.29 is 9.48 Å². The van der Waals surface area contributed by atoms with Crippen molar-refractivity contribution in [3.8, 4) is 11.3 Å². The lowest BCUT2D eigenvalue weighted by Crippen LogP contribution is -2.60. The molecule has 31 heavy (non-hydrogen) atoms. The van der Waals surface area contributed by atoms with Crippen LogP contribution < -0.4 is 15.1 Å². The lowest BCUT2D eigenvalue weighted by atomic mass is 10.0. The number of aromatic amines is 1. The molecule has 6 nitrogen and oxygen atoms in total. The Hall–Kier alpha value is -2.58. The van der Waals surface area contributed by atoms with Gasteiger partial charge in [-0.15, -0.1) is 11.8 Å². The summed E-state index contributed by atoms with van der Waals surface area (Å²) in [4.78, 5) is 31.8. The number of benzene rings is 2. The number of fused-ring (bicyclic) bond motifs is 3. The molecule has 0 unspecified atom stereocenters. The van der Waals surface area contributed by atoms with Crippen LogP contribution in [0.5, 0.6) is 0 Å². The smallest absolute Gasteiger partial charge is 0.291 e. The number of nitrogens with one attached hydrogen (secondary N) is 1. The van der Waals surface area contributed by atoms with Gasteiger partial charge in [-0.25, -0.2) is 4.90 Å². The van der Waals surface area contributed by atoms with Gasteiger partial charge in [-0.05, 0) is 53.8 Å². The van der Waals surface area contributed by atoms with Crippen LogP contribution in [0.2, 0.25) is 0 Å². The molecule has 0 radical (unpaired) electrons.